The van der Waals surface area contributed by atoms with Gasteiger partial charge in [0.25, 0.3) is 5.91 Å². The number of hydrogen-bond donors (Lipinski definition) is 3. The molecule has 0 saturated heterocycles. The number of halogens is 2. The van der Waals surface area contributed by atoms with Crippen molar-refractivity contribution in [2.45, 2.75) is 32.7 Å². The van der Waals surface area contributed by atoms with Gasteiger partial charge in [0.05, 0.1) is 18.2 Å². The highest BCUT2D eigenvalue weighted by molar-refractivity contribution is 5.94. The fraction of sp³-hybridized carbons (Fsp3) is 0.308. The molecule has 36 heavy (non-hydrogen) atoms. The summed E-state index contributed by atoms with van der Waals surface area (Å²) in [5.74, 6) is -2.06. The molecule has 3 N–H and O–H groups in total. The second-order valence-electron chi connectivity index (χ2n) is 8.64. The van der Waals surface area contributed by atoms with Crippen LogP contribution < -0.4 is 15.4 Å². The van der Waals surface area contributed by atoms with Crippen LogP contribution in [0.5, 0.6) is 5.88 Å². The molecule has 8 nitrogen and oxygen atoms in total. The number of aliphatic carboxylic acids is 1. The Labute approximate surface area is 207 Å². The molecule has 1 aromatic heterocycles. The van der Waals surface area contributed by atoms with Gasteiger partial charge in [-0.1, -0.05) is 13.8 Å². The van der Waals surface area contributed by atoms with Crippen molar-refractivity contribution < 1.29 is 28.2 Å². The zero-order valence-electron chi connectivity index (χ0n) is 20.0. The molecular formula is C26H28F2N4O4. The first-order valence-electron chi connectivity index (χ1n) is 11.5. The Morgan fingerprint density at radius 2 is 1.78 bits per heavy atom. The second kappa shape index (κ2) is 12.6. The minimum Gasteiger partial charge on any atom is -0.481 e. The molecule has 3 rings (SSSR count). The average Bonchev–Trinajstić information content (AvgIpc) is 2.83. The van der Waals surface area contributed by atoms with Gasteiger partial charge < -0.3 is 20.5 Å². The minimum absolute atomic E-state index is 0.0602. The normalized spacial score (nSPS) is 11.7. The van der Waals surface area contributed by atoms with Gasteiger partial charge in [-0.25, -0.2) is 8.78 Å². The molecule has 2 aromatic carbocycles. The Balaban J connectivity index is 1.58. The van der Waals surface area contributed by atoms with E-state index in [2.05, 4.69) is 34.7 Å². The lowest BCUT2D eigenvalue weighted by Crippen LogP contribution is -2.29. The zero-order valence-corrected chi connectivity index (χ0v) is 20.0. The van der Waals surface area contributed by atoms with E-state index in [1.807, 2.05) is 0 Å². The van der Waals surface area contributed by atoms with Gasteiger partial charge in [-0.3, -0.25) is 9.59 Å². The van der Waals surface area contributed by atoms with Crippen molar-refractivity contribution in [3.05, 3.63) is 71.8 Å². The van der Waals surface area contributed by atoms with Gasteiger partial charge in [0.15, 0.2) is 0 Å². The molecule has 0 saturated carbocycles. The number of carbonyl (C=O) groups is 2. The smallest absolute Gasteiger partial charge is 0.305 e. The molecule has 0 radical (unpaired) electrons. The average molecular weight is 499 g/mol. The summed E-state index contributed by atoms with van der Waals surface area (Å²) in [4.78, 5) is 22.7. The highest BCUT2D eigenvalue weighted by atomic mass is 19.1. The summed E-state index contributed by atoms with van der Waals surface area (Å²) in [6.45, 7) is 4.52. The van der Waals surface area contributed by atoms with E-state index in [0.717, 1.165) is 24.2 Å². The summed E-state index contributed by atoms with van der Waals surface area (Å²) in [6.07, 6.45) is 0.655. The van der Waals surface area contributed by atoms with Gasteiger partial charge in [0, 0.05) is 35.5 Å². The number of carboxylic acids is 1. The van der Waals surface area contributed by atoms with Crippen molar-refractivity contribution in [1.29, 1.82) is 0 Å². The molecule has 3 aromatic rings. The number of rotatable bonds is 12. The molecule has 0 spiro atoms. The zero-order chi connectivity index (χ0) is 26.1. The van der Waals surface area contributed by atoms with Crippen molar-refractivity contribution in [1.82, 2.24) is 15.5 Å². The van der Waals surface area contributed by atoms with Gasteiger partial charge in [-0.05, 0) is 54.8 Å². The van der Waals surface area contributed by atoms with Crippen LogP contribution >= 0.6 is 0 Å². The van der Waals surface area contributed by atoms with E-state index in [1.165, 1.54) is 6.07 Å². The molecule has 0 aliphatic rings. The van der Waals surface area contributed by atoms with E-state index in [1.54, 1.807) is 36.4 Å². The largest absolute Gasteiger partial charge is 0.481 e. The van der Waals surface area contributed by atoms with Crippen molar-refractivity contribution in [3.8, 4) is 17.1 Å². The number of nitrogens with one attached hydrogen (secondary N) is 2. The molecule has 0 aliphatic carbocycles. The number of hydrogen-bond acceptors (Lipinski definition) is 6. The monoisotopic (exact) mass is 498 g/mol. The predicted molar refractivity (Wildman–Crippen MR) is 131 cm³/mol. The molecular weight excluding hydrogens is 470 g/mol. The summed E-state index contributed by atoms with van der Waals surface area (Å²) in [6, 6.07) is 13.2. The fourth-order valence-electron chi connectivity index (χ4n) is 3.50. The number of carboxylic acid groups (broad SMARTS) is 1. The van der Waals surface area contributed by atoms with Gasteiger partial charge in [0.1, 0.15) is 18.2 Å². The van der Waals surface area contributed by atoms with E-state index in [-0.39, 0.29) is 48.7 Å². The first-order valence-corrected chi connectivity index (χ1v) is 11.5. The lowest BCUT2D eigenvalue weighted by Gasteiger charge is -2.22. The second-order valence-corrected chi connectivity index (χ2v) is 8.64. The Bertz CT molecular complexity index is 1170. The van der Waals surface area contributed by atoms with E-state index < -0.39 is 17.6 Å². The topological polar surface area (TPSA) is 113 Å². The third-order valence-corrected chi connectivity index (χ3v) is 5.18. The van der Waals surface area contributed by atoms with E-state index in [9.17, 15) is 18.4 Å². The summed E-state index contributed by atoms with van der Waals surface area (Å²) in [7, 11) is 0. The van der Waals surface area contributed by atoms with Crippen LogP contribution in [-0.4, -0.2) is 46.4 Å². The van der Waals surface area contributed by atoms with Gasteiger partial charge in [0.2, 0.25) is 5.88 Å². The summed E-state index contributed by atoms with van der Waals surface area (Å²) < 4.78 is 32.9. The highest BCUT2D eigenvalue weighted by Crippen LogP contribution is 2.22. The number of anilines is 1. The van der Waals surface area contributed by atoms with Crippen LogP contribution in [0.3, 0.4) is 0 Å². The van der Waals surface area contributed by atoms with Crippen LogP contribution in [0.15, 0.2) is 54.6 Å². The Morgan fingerprint density at radius 3 is 2.39 bits per heavy atom. The van der Waals surface area contributed by atoms with Crippen LogP contribution in [0.1, 0.15) is 37.0 Å². The Morgan fingerprint density at radius 1 is 1.03 bits per heavy atom. The Kier molecular flexibility index (Phi) is 9.26. The SMILES string of the molecule is CC(C)C[C@@H](COc1ccc(-c2ccc(F)cc2F)nn1)Nc1ccc(C(=O)NCCC(=O)O)cc1. The van der Waals surface area contributed by atoms with Gasteiger partial charge >= 0.3 is 5.97 Å². The number of nitrogens with zero attached hydrogens (tertiary/aromatic N) is 2. The summed E-state index contributed by atoms with van der Waals surface area (Å²) >= 11 is 0. The number of benzene rings is 2. The number of aromatic nitrogens is 2. The van der Waals surface area contributed by atoms with Crippen LogP contribution in [0, 0.1) is 17.6 Å². The fourth-order valence-corrected chi connectivity index (χ4v) is 3.50. The van der Waals surface area contributed by atoms with Crippen molar-refractivity contribution in [2.75, 3.05) is 18.5 Å². The maximum absolute atomic E-state index is 14.0. The molecule has 10 heteroatoms. The molecule has 1 atom stereocenters. The van der Waals surface area contributed by atoms with Gasteiger partial charge in [-0.2, -0.15) is 0 Å². The maximum atomic E-state index is 14.0. The number of amides is 1. The van der Waals surface area contributed by atoms with Crippen LogP contribution in [-0.2, 0) is 4.79 Å². The third kappa shape index (κ3) is 8.00. The molecule has 0 bridgehead atoms. The minimum atomic E-state index is -0.975. The lowest BCUT2D eigenvalue weighted by molar-refractivity contribution is -0.136. The number of ether oxygens (including phenoxy) is 1. The van der Waals surface area contributed by atoms with Crippen molar-refractivity contribution in [2.24, 2.45) is 5.92 Å². The predicted octanol–water partition coefficient (Wildman–Crippen LogP) is 4.53. The molecule has 1 amide bonds. The summed E-state index contributed by atoms with van der Waals surface area (Å²) in [5, 5.41) is 22.6. The van der Waals surface area contributed by atoms with E-state index >= 15 is 0 Å². The van der Waals surface area contributed by atoms with Gasteiger partial charge in [-0.15, -0.1) is 10.2 Å². The molecule has 0 fully saturated rings. The quantitative estimate of drug-likeness (QED) is 0.336. The first kappa shape index (κ1) is 26.5. The molecule has 0 aliphatic heterocycles. The van der Waals surface area contributed by atoms with Crippen molar-refractivity contribution in [3.63, 3.8) is 0 Å². The van der Waals surface area contributed by atoms with Crippen LogP contribution in [0.4, 0.5) is 14.5 Å². The Hall–Kier alpha value is -4.08. The third-order valence-electron chi connectivity index (χ3n) is 5.18. The molecule has 0 unspecified atom stereocenters. The maximum Gasteiger partial charge on any atom is 0.305 e. The standard InChI is InChI=1S/C26H28F2N4O4/c1-16(2)13-20(30-19-6-3-17(4-7-19)26(35)29-12-11-25(33)34)15-36-24-10-9-23(31-32-24)21-8-5-18(27)14-22(21)28/h3-10,14,16,20,30H,11-13,15H2,1-2H3,(H,29,35)(H,33,34)/t20-/m0/s1. The molecule has 1 heterocycles. The lowest BCUT2D eigenvalue weighted by atomic mass is 10.0. The molecule has 190 valence electrons. The van der Waals surface area contributed by atoms with E-state index in [4.69, 9.17) is 9.84 Å². The van der Waals surface area contributed by atoms with Crippen LogP contribution in [0.2, 0.25) is 0 Å². The number of carbonyl (C=O) groups excluding carboxylic acids is 1. The highest BCUT2D eigenvalue weighted by Gasteiger charge is 2.14. The first-order chi connectivity index (χ1) is 17.2. The summed E-state index contributed by atoms with van der Waals surface area (Å²) in [5.41, 5.74) is 1.63. The van der Waals surface area contributed by atoms with Crippen LogP contribution in [0.25, 0.3) is 11.3 Å². The van der Waals surface area contributed by atoms with Crippen molar-refractivity contribution >= 4 is 17.6 Å². The van der Waals surface area contributed by atoms with E-state index in [0.29, 0.717) is 11.5 Å².